The molecule has 0 radical (unpaired) electrons. The average Bonchev–Trinajstić information content (AvgIpc) is 2.72. The van der Waals surface area contributed by atoms with Gasteiger partial charge in [-0.2, -0.15) is 0 Å². The number of carbonyl (C=O) groups is 2. The fourth-order valence-corrected chi connectivity index (χ4v) is 3.18. The minimum atomic E-state index is -0.311. The Hall–Kier alpha value is -2.89. The van der Waals surface area contributed by atoms with Crippen molar-refractivity contribution in [3.8, 4) is 0 Å². The highest BCUT2D eigenvalue weighted by atomic mass is 19.1. The van der Waals surface area contributed by atoms with Crippen molar-refractivity contribution in [2.24, 2.45) is 0 Å². The Morgan fingerprint density at radius 3 is 2.33 bits per heavy atom. The normalized spacial score (nSPS) is 10.5. The number of hydrogen-bond donors (Lipinski definition) is 2. The van der Waals surface area contributed by atoms with Gasteiger partial charge in [0.1, 0.15) is 5.82 Å². The van der Waals surface area contributed by atoms with Crippen LogP contribution in [0.3, 0.4) is 0 Å². The van der Waals surface area contributed by atoms with E-state index in [0.717, 1.165) is 30.5 Å². The van der Waals surface area contributed by atoms with E-state index in [1.165, 1.54) is 25.0 Å². The average molecular weight is 414 g/mol. The summed E-state index contributed by atoms with van der Waals surface area (Å²) < 4.78 is 13.0. The third-order valence-electron chi connectivity index (χ3n) is 4.88. The summed E-state index contributed by atoms with van der Waals surface area (Å²) in [6, 6.07) is 11.3. The van der Waals surface area contributed by atoms with E-state index >= 15 is 0 Å². The molecule has 2 aromatic rings. The molecule has 0 heterocycles. The molecule has 2 rings (SSSR count). The minimum absolute atomic E-state index is 0.0400. The zero-order chi connectivity index (χ0) is 21.9. The van der Waals surface area contributed by atoms with Gasteiger partial charge in [0.05, 0.1) is 5.56 Å². The van der Waals surface area contributed by atoms with Crippen LogP contribution in [0.1, 0.15) is 61.4 Å². The maximum Gasteiger partial charge on any atom is 0.253 e. The molecule has 0 fully saturated rings. The molecule has 0 unspecified atom stereocenters. The molecule has 0 saturated carbocycles. The summed E-state index contributed by atoms with van der Waals surface area (Å²) in [6.45, 7) is 2.46. The van der Waals surface area contributed by atoms with E-state index in [2.05, 4.69) is 17.6 Å². The first-order valence-electron chi connectivity index (χ1n) is 10.5. The molecule has 162 valence electrons. The molecular weight excluding hydrogens is 381 g/mol. The number of rotatable bonds is 11. The number of anilines is 2. The molecule has 30 heavy (non-hydrogen) atoms. The van der Waals surface area contributed by atoms with E-state index in [1.807, 2.05) is 25.1 Å². The summed E-state index contributed by atoms with van der Waals surface area (Å²) in [6.07, 6.45) is 5.93. The van der Waals surface area contributed by atoms with Gasteiger partial charge >= 0.3 is 0 Å². The van der Waals surface area contributed by atoms with Crippen molar-refractivity contribution in [1.29, 1.82) is 0 Å². The maximum atomic E-state index is 13.0. The number of unbranched alkanes of at least 4 members (excludes halogenated alkanes) is 4. The number of benzene rings is 2. The van der Waals surface area contributed by atoms with E-state index in [9.17, 15) is 14.0 Å². The molecule has 5 nitrogen and oxygen atoms in total. The van der Waals surface area contributed by atoms with Gasteiger partial charge in [-0.25, -0.2) is 4.39 Å². The molecule has 0 spiro atoms. The number of halogens is 1. The molecule has 0 bridgehead atoms. The minimum Gasteiger partial charge on any atom is -0.377 e. The molecule has 0 aliphatic carbocycles. The van der Waals surface area contributed by atoms with Crippen LogP contribution in [0.15, 0.2) is 42.5 Å². The lowest BCUT2D eigenvalue weighted by Gasteiger charge is -2.18. The predicted octanol–water partition coefficient (Wildman–Crippen LogP) is 5.12. The Bertz CT molecular complexity index is 835. The van der Waals surface area contributed by atoms with Crippen molar-refractivity contribution >= 4 is 23.2 Å². The third-order valence-corrected chi connectivity index (χ3v) is 4.88. The van der Waals surface area contributed by atoms with Gasteiger partial charge < -0.3 is 15.5 Å². The lowest BCUT2D eigenvalue weighted by atomic mass is 10.1. The Kier molecular flexibility index (Phi) is 9.32. The molecule has 0 aliphatic heterocycles. The highest BCUT2D eigenvalue weighted by Gasteiger charge is 2.15. The van der Waals surface area contributed by atoms with Crippen LogP contribution in [0, 0.1) is 5.82 Å². The molecular formula is C24H32FN3O2. The summed E-state index contributed by atoms with van der Waals surface area (Å²) in [5.74, 6) is -0.603. The van der Waals surface area contributed by atoms with Crippen LogP contribution in [0.25, 0.3) is 0 Å². The van der Waals surface area contributed by atoms with Crippen molar-refractivity contribution in [2.75, 3.05) is 24.3 Å². The molecule has 2 N–H and O–H groups in total. The predicted molar refractivity (Wildman–Crippen MR) is 120 cm³/mol. The van der Waals surface area contributed by atoms with Gasteiger partial charge in [0.25, 0.3) is 5.91 Å². The number of amides is 2. The summed E-state index contributed by atoms with van der Waals surface area (Å²) in [4.78, 5) is 26.9. The molecule has 2 aromatic carbocycles. The SMILES string of the molecule is CCCCCCCC(=O)Nc1ccc(N(C)C)c(C(=O)NCc2ccc(F)cc2)c1. The van der Waals surface area contributed by atoms with Crippen molar-refractivity contribution in [2.45, 2.75) is 52.0 Å². The van der Waals surface area contributed by atoms with Gasteiger partial charge in [-0.3, -0.25) is 9.59 Å². The molecule has 0 aromatic heterocycles. The van der Waals surface area contributed by atoms with E-state index < -0.39 is 0 Å². The molecule has 0 aliphatic rings. The molecule has 6 heteroatoms. The number of nitrogens with zero attached hydrogens (tertiary/aromatic N) is 1. The highest BCUT2D eigenvalue weighted by Crippen LogP contribution is 2.23. The van der Waals surface area contributed by atoms with Gasteiger partial charge in [0.2, 0.25) is 5.91 Å². The van der Waals surface area contributed by atoms with Crippen LogP contribution in [0.4, 0.5) is 15.8 Å². The van der Waals surface area contributed by atoms with Crippen LogP contribution < -0.4 is 15.5 Å². The largest absolute Gasteiger partial charge is 0.377 e. The summed E-state index contributed by atoms with van der Waals surface area (Å²) in [5.41, 5.74) is 2.64. The Balaban J connectivity index is 2.01. The van der Waals surface area contributed by atoms with E-state index in [-0.39, 0.29) is 17.6 Å². The van der Waals surface area contributed by atoms with E-state index in [4.69, 9.17) is 0 Å². The lowest BCUT2D eigenvalue weighted by molar-refractivity contribution is -0.116. The first-order chi connectivity index (χ1) is 14.4. The Morgan fingerprint density at radius 1 is 0.967 bits per heavy atom. The topological polar surface area (TPSA) is 61.4 Å². The molecule has 0 atom stereocenters. The zero-order valence-electron chi connectivity index (χ0n) is 18.1. The van der Waals surface area contributed by atoms with Gasteiger partial charge in [-0.1, -0.05) is 44.7 Å². The fourth-order valence-electron chi connectivity index (χ4n) is 3.18. The van der Waals surface area contributed by atoms with Gasteiger partial charge in [-0.05, 0) is 42.3 Å². The number of carbonyl (C=O) groups excluding carboxylic acids is 2. The van der Waals surface area contributed by atoms with E-state index in [1.54, 1.807) is 24.3 Å². The summed E-state index contributed by atoms with van der Waals surface area (Å²) in [7, 11) is 3.72. The van der Waals surface area contributed by atoms with Gasteiger partial charge in [0.15, 0.2) is 0 Å². The van der Waals surface area contributed by atoms with Crippen LogP contribution in [-0.4, -0.2) is 25.9 Å². The fraction of sp³-hybridized carbons (Fsp3) is 0.417. The quantitative estimate of drug-likeness (QED) is 0.503. The standard InChI is InChI=1S/C24H32FN3O2/c1-4-5-6-7-8-9-23(29)27-20-14-15-22(28(2)3)21(16-20)24(30)26-17-18-10-12-19(25)13-11-18/h10-16H,4-9,17H2,1-3H3,(H,26,30)(H,27,29). The van der Waals surface area contributed by atoms with Gasteiger partial charge in [0, 0.05) is 38.4 Å². The van der Waals surface area contributed by atoms with Crippen molar-refractivity contribution in [3.05, 3.63) is 59.4 Å². The first-order valence-corrected chi connectivity index (χ1v) is 10.5. The zero-order valence-corrected chi connectivity index (χ0v) is 18.1. The van der Waals surface area contributed by atoms with Crippen LogP contribution in [-0.2, 0) is 11.3 Å². The second-order valence-electron chi connectivity index (χ2n) is 7.65. The van der Waals surface area contributed by atoms with Gasteiger partial charge in [-0.15, -0.1) is 0 Å². The Morgan fingerprint density at radius 2 is 1.67 bits per heavy atom. The smallest absolute Gasteiger partial charge is 0.253 e. The molecule has 2 amide bonds. The third kappa shape index (κ3) is 7.50. The second-order valence-corrected chi connectivity index (χ2v) is 7.65. The monoisotopic (exact) mass is 413 g/mol. The lowest BCUT2D eigenvalue weighted by Crippen LogP contribution is -2.25. The van der Waals surface area contributed by atoms with Crippen molar-refractivity contribution in [3.63, 3.8) is 0 Å². The summed E-state index contributed by atoms with van der Waals surface area (Å²) in [5, 5.41) is 5.76. The number of hydrogen-bond acceptors (Lipinski definition) is 3. The van der Waals surface area contributed by atoms with Crippen molar-refractivity contribution < 1.29 is 14.0 Å². The molecule has 0 saturated heterocycles. The Labute approximate surface area is 178 Å². The van der Waals surface area contributed by atoms with Crippen LogP contribution >= 0.6 is 0 Å². The highest BCUT2D eigenvalue weighted by molar-refractivity contribution is 6.02. The summed E-state index contributed by atoms with van der Waals surface area (Å²) >= 11 is 0. The second kappa shape index (κ2) is 12.0. The first kappa shape index (κ1) is 23.4. The van der Waals surface area contributed by atoms with E-state index in [0.29, 0.717) is 24.2 Å². The maximum absolute atomic E-state index is 13.0. The number of nitrogens with one attached hydrogen (secondary N) is 2. The van der Waals surface area contributed by atoms with Crippen LogP contribution in [0.2, 0.25) is 0 Å². The van der Waals surface area contributed by atoms with Crippen LogP contribution in [0.5, 0.6) is 0 Å². The van der Waals surface area contributed by atoms with Crippen molar-refractivity contribution in [1.82, 2.24) is 5.32 Å².